The number of benzene rings is 2. The minimum absolute atomic E-state index is 0.164. The fourth-order valence-electron chi connectivity index (χ4n) is 2.00. The van der Waals surface area contributed by atoms with E-state index in [4.69, 9.17) is 16.3 Å². The topological polar surface area (TPSA) is 72.5 Å². The SMILES string of the molecule is CC(=O)Nc1ccc(C(=O)COC(=O)c2c(F)cccc2Cl)c(F)c1. The number of ether oxygens (including phenoxy) is 1. The summed E-state index contributed by atoms with van der Waals surface area (Å²) in [5, 5.41) is 2.20. The lowest BCUT2D eigenvalue weighted by Gasteiger charge is -2.08. The standard InChI is InChI=1S/C17H12ClF2NO4/c1-9(22)21-10-5-6-11(14(20)7-10)15(23)8-25-17(24)16-12(18)3-2-4-13(16)19/h2-7H,8H2,1H3,(H,21,22). The molecule has 2 rings (SSSR count). The number of anilines is 1. The van der Waals surface area contributed by atoms with Crippen LogP contribution in [-0.4, -0.2) is 24.3 Å². The van der Waals surface area contributed by atoms with Crippen molar-refractivity contribution in [2.75, 3.05) is 11.9 Å². The molecule has 0 atom stereocenters. The van der Waals surface area contributed by atoms with Gasteiger partial charge < -0.3 is 10.1 Å². The Morgan fingerprint density at radius 1 is 1.12 bits per heavy atom. The zero-order chi connectivity index (χ0) is 18.6. The molecule has 0 aliphatic carbocycles. The summed E-state index contributed by atoms with van der Waals surface area (Å²) in [6.07, 6.45) is 0. The predicted molar refractivity (Wildman–Crippen MR) is 86.7 cm³/mol. The molecule has 0 fully saturated rings. The molecule has 1 amide bonds. The molecular weight excluding hydrogens is 356 g/mol. The third-order valence-corrected chi connectivity index (χ3v) is 3.41. The van der Waals surface area contributed by atoms with Gasteiger partial charge in [-0.25, -0.2) is 13.6 Å². The molecule has 2 aromatic carbocycles. The van der Waals surface area contributed by atoms with E-state index in [0.29, 0.717) is 0 Å². The van der Waals surface area contributed by atoms with Crippen LogP contribution in [0, 0.1) is 11.6 Å². The summed E-state index contributed by atoms with van der Waals surface area (Å²) >= 11 is 5.72. The number of carbonyl (C=O) groups excluding carboxylic acids is 3. The van der Waals surface area contributed by atoms with Crippen LogP contribution in [-0.2, 0) is 9.53 Å². The Labute approximate surface area is 146 Å². The number of nitrogens with one attached hydrogen (secondary N) is 1. The number of carbonyl (C=O) groups is 3. The summed E-state index contributed by atoms with van der Waals surface area (Å²) in [4.78, 5) is 34.7. The van der Waals surface area contributed by atoms with Gasteiger partial charge in [0.25, 0.3) is 0 Å². The average Bonchev–Trinajstić information content (AvgIpc) is 2.52. The molecule has 0 saturated heterocycles. The van der Waals surface area contributed by atoms with E-state index in [1.807, 2.05) is 0 Å². The van der Waals surface area contributed by atoms with Crippen LogP contribution in [0.15, 0.2) is 36.4 Å². The van der Waals surface area contributed by atoms with Gasteiger partial charge in [0, 0.05) is 12.6 Å². The first kappa shape index (κ1) is 18.5. The van der Waals surface area contributed by atoms with Crippen molar-refractivity contribution < 1.29 is 27.9 Å². The van der Waals surface area contributed by atoms with Crippen molar-refractivity contribution in [3.05, 3.63) is 64.2 Å². The van der Waals surface area contributed by atoms with Crippen LogP contribution in [0.3, 0.4) is 0 Å². The molecule has 0 aliphatic heterocycles. The molecule has 0 heterocycles. The van der Waals surface area contributed by atoms with Crippen molar-refractivity contribution in [3.63, 3.8) is 0 Å². The molecule has 0 radical (unpaired) electrons. The van der Waals surface area contributed by atoms with Crippen LogP contribution in [0.4, 0.5) is 14.5 Å². The van der Waals surface area contributed by atoms with E-state index in [-0.39, 0.29) is 16.3 Å². The zero-order valence-electron chi connectivity index (χ0n) is 12.9. The van der Waals surface area contributed by atoms with Crippen LogP contribution in [0.2, 0.25) is 5.02 Å². The molecule has 130 valence electrons. The van der Waals surface area contributed by atoms with Gasteiger partial charge >= 0.3 is 5.97 Å². The van der Waals surface area contributed by atoms with Gasteiger partial charge in [0.15, 0.2) is 6.61 Å². The first-order chi connectivity index (χ1) is 11.8. The van der Waals surface area contributed by atoms with Gasteiger partial charge in [-0.1, -0.05) is 17.7 Å². The average molecular weight is 368 g/mol. The molecule has 0 unspecified atom stereocenters. The van der Waals surface area contributed by atoms with Crippen molar-refractivity contribution in [2.24, 2.45) is 0 Å². The fraction of sp³-hybridized carbons (Fsp3) is 0.118. The molecule has 5 nitrogen and oxygen atoms in total. The van der Waals surface area contributed by atoms with Crippen LogP contribution in [0.5, 0.6) is 0 Å². The molecule has 0 spiro atoms. The number of hydrogen-bond acceptors (Lipinski definition) is 4. The molecule has 0 aliphatic rings. The molecule has 0 saturated carbocycles. The monoisotopic (exact) mass is 367 g/mol. The van der Waals surface area contributed by atoms with Gasteiger partial charge in [0.1, 0.15) is 17.2 Å². The number of ketones is 1. The predicted octanol–water partition coefficient (Wildman–Crippen LogP) is 3.62. The van der Waals surface area contributed by atoms with Crippen molar-refractivity contribution in [1.82, 2.24) is 0 Å². The van der Waals surface area contributed by atoms with E-state index in [9.17, 15) is 23.2 Å². The summed E-state index contributed by atoms with van der Waals surface area (Å²) in [5.41, 5.74) is -0.656. The maximum absolute atomic E-state index is 13.9. The smallest absolute Gasteiger partial charge is 0.343 e. The number of halogens is 3. The molecule has 0 bridgehead atoms. The number of rotatable bonds is 5. The lowest BCUT2D eigenvalue weighted by atomic mass is 10.1. The van der Waals surface area contributed by atoms with Gasteiger partial charge in [0.2, 0.25) is 11.7 Å². The van der Waals surface area contributed by atoms with E-state index in [2.05, 4.69) is 5.32 Å². The van der Waals surface area contributed by atoms with E-state index >= 15 is 0 Å². The van der Waals surface area contributed by atoms with Gasteiger partial charge in [0.05, 0.1) is 10.6 Å². The molecule has 2 aromatic rings. The van der Waals surface area contributed by atoms with Gasteiger partial charge in [-0.3, -0.25) is 9.59 Å². The Kier molecular flexibility index (Phi) is 5.82. The van der Waals surface area contributed by atoms with Gasteiger partial charge in [-0.15, -0.1) is 0 Å². The normalized spacial score (nSPS) is 10.2. The lowest BCUT2D eigenvalue weighted by Crippen LogP contribution is -2.17. The molecule has 1 N–H and O–H groups in total. The van der Waals surface area contributed by atoms with E-state index in [1.54, 1.807) is 0 Å². The van der Waals surface area contributed by atoms with E-state index < -0.39 is 41.5 Å². The molecular formula is C17H12ClF2NO4. The summed E-state index contributed by atoms with van der Waals surface area (Å²) in [5.74, 6) is -4.14. The second-order valence-corrected chi connectivity index (χ2v) is 5.38. The Balaban J connectivity index is 2.07. The number of amides is 1. The summed E-state index contributed by atoms with van der Waals surface area (Å²) in [7, 11) is 0. The Morgan fingerprint density at radius 3 is 2.44 bits per heavy atom. The lowest BCUT2D eigenvalue weighted by molar-refractivity contribution is -0.114. The van der Waals surface area contributed by atoms with Gasteiger partial charge in [-0.05, 0) is 30.3 Å². The number of esters is 1. The highest BCUT2D eigenvalue weighted by molar-refractivity contribution is 6.33. The molecule has 25 heavy (non-hydrogen) atoms. The fourth-order valence-corrected chi connectivity index (χ4v) is 2.24. The van der Waals surface area contributed by atoms with Crippen molar-refractivity contribution in [3.8, 4) is 0 Å². The Bertz CT molecular complexity index is 834. The van der Waals surface area contributed by atoms with Crippen molar-refractivity contribution >= 4 is 34.9 Å². The first-order valence-corrected chi connectivity index (χ1v) is 7.39. The quantitative estimate of drug-likeness (QED) is 0.647. The highest BCUT2D eigenvalue weighted by atomic mass is 35.5. The highest BCUT2D eigenvalue weighted by Crippen LogP contribution is 2.20. The largest absolute Gasteiger partial charge is 0.454 e. The third-order valence-electron chi connectivity index (χ3n) is 3.09. The van der Waals surface area contributed by atoms with E-state index in [1.165, 1.54) is 25.1 Å². The van der Waals surface area contributed by atoms with Crippen LogP contribution in [0.25, 0.3) is 0 Å². The van der Waals surface area contributed by atoms with Gasteiger partial charge in [-0.2, -0.15) is 0 Å². The maximum Gasteiger partial charge on any atom is 0.343 e. The summed E-state index contributed by atoms with van der Waals surface area (Å²) in [6, 6.07) is 7.06. The first-order valence-electron chi connectivity index (χ1n) is 7.01. The third kappa shape index (κ3) is 4.60. The highest BCUT2D eigenvalue weighted by Gasteiger charge is 2.20. The van der Waals surface area contributed by atoms with Crippen molar-refractivity contribution in [1.29, 1.82) is 0 Å². The second-order valence-electron chi connectivity index (χ2n) is 4.97. The Hall–Kier alpha value is -2.80. The number of hydrogen-bond donors (Lipinski definition) is 1. The summed E-state index contributed by atoms with van der Waals surface area (Å²) < 4.78 is 32.2. The van der Waals surface area contributed by atoms with Crippen LogP contribution >= 0.6 is 11.6 Å². The molecule has 0 aromatic heterocycles. The van der Waals surface area contributed by atoms with E-state index in [0.717, 1.165) is 18.2 Å². The minimum Gasteiger partial charge on any atom is -0.454 e. The second kappa shape index (κ2) is 7.85. The molecule has 8 heteroatoms. The van der Waals surface area contributed by atoms with Crippen LogP contribution in [0.1, 0.15) is 27.6 Å². The number of Topliss-reactive ketones (excluding diaryl/α,β-unsaturated/α-hetero) is 1. The minimum atomic E-state index is -1.13. The zero-order valence-corrected chi connectivity index (χ0v) is 13.7. The Morgan fingerprint density at radius 2 is 1.84 bits per heavy atom. The maximum atomic E-state index is 13.9. The summed E-state index contributed by atoms with van der Waals surface area (Å²) in [6.45, 7) is 0.462. The van der Waals surface area contributed by atoms with Crippen molar-refractivity contribution in [2.45, 2.75) is 6.92 Å². The van der Waals surface area contributed by atoms with Crippen LogP contribution < -0.4 is 5.32 Å².